The summed E-state index contributed by atoms with van der Waals surface area (Å²) in [6, 6.07) is 0.234. The molecule has 0 aliphatic heterocycles. The molecule has 1 aliphatic rings. The van der Waals surface area contributed by atoms with E-state index in [0.717, 1.165) is 11.8 Å². The van der Waals surface area contributed by atoms with Crippen molar-refractivity contribution in [3.8, 4) is 0 Å². The molecule has 1 heteroatoms. The summed E-state index contributed by atoms with van der Waals surface area (Å²) in [6.07, 6.45) is 7.95. The van der Waals surface area contributed by atoms with Crippen LogP contribution in [-0.4, -0.2) is 6.04 Å². The predicted molar refractivity (Wildman–Crippen MR) is 58.5 cm³/mol. The lowest BCUT2D eigenvalue weighted by molar-refractivity contribution is 0.324. The average molecular weight is 181 g/mol. The molecule has 0 aromatic rings. The van der Waals surface area contributed by atoms with Crippen molar-refractivity contribution >= 4 is 0 Å². The molecule has 0 bridgehead atoms. The van der Waals surface area contributed by atoms with Gasteiger partial charge in [-0.2, -0.15) is 0 Å². The highest BCUT2D eigenvalue weighted by molar-refractivity contribution is 5.07. The molecule has 0 saturated heterocycles. The molecule has 13 heavy (non-hydrogen) atoms. The second-order valence-corrected chi connectivity index (χ2v) is 4.73. The maximum atomic E-state index is 5.82. The molecule has 0 amide bonds. The summed E-state index contributed by atoms with van der Waals surface area (Å²) in [7, 11) is 0. The van der Waals surface area contributed by atoms with Crippen LogP contribution in [0.1, 0.15) is 46.5 Å². The zero-order valence-corrected chi connectivity index (χ0v) is 9.22. The van der Waals surface area contributed by atoms with Crippen LogP contribution in [0.25, 0.3) is 0 Å². The van der Waals surface area contributed by atoms with E-state index in [4.69, 9.17) is 5.73 Å². The van der Waals surface area contributed by atoms with Crippen LogP contribution in [0.2, 0.25) is 0 Å². The maximum absolute atomic E-state index is 5.82. The fourth-order valence-corrected chi connectivity index (χ4v) is 2.16. The third-order valence-electron chi connectivity index (χ3n) is 3.19. The lowest BCUT2D eigenvalue weighted by atomic mass is 9.81. The van der Waals surface area contributed by atoms with Crippen LogP contribution >= 0.6 is 0 Å². The van der Waals surface area contributed by atoms with Crippen molar-refractivity contribution in [2.75, 3.05) is 0 Å². The van der Waals surface area contributed by atoms with Gasteiger partial charge in [-0.15, -0.1) is 0 Å². The molecule has 0 aromatic carbocycles. The Morgan fingerprint density at radius 3 is 2.69 bits per heavy atom. The van der Waals surface area contributed by atoms with Crippen LogP contribution in [0, 0.1) is 11.8 Å². The van der Waals surface area contributed by atoms with Gasteiger partial charge in [0.25, 0.3) is 0 Å². The minimum atomic E-state index is 0.234. The zero-order valence-electron chi connectivity index (χ0n) is 9.22. The number of nitrogens with two attached hydrogens (primary N) is 1. The monoisotopic (exact) mass is 181 g/mol. The van der Waals surface area contributed by atoms with Gasteiger partial charge < -0.3 is 5.73 Å². The topological polar surface area (TPSA) is 26.0 Å². The van der Waals surface area contributed by atoms with E-state index in [2.05, 4.69) is 26.8 Å². The van der Waals surface area contributed by atoms with Crippen LogP contribution in [0.5, 0.6) is 0 Å². The highest BCUT2D eigenvalue weighted by Gasteiger charge is 2.17. The zero-order chi connectivity index (χ0) is 9.84. The SMILES string of the molecule is CC(=CC1CCCC(C)C1)C(C)N. The molecule has 0 radical (unpaired) electrons. The Hall–Kier alpha value is -0.300. The number of rotatable bonds is 2. The van der Waals surface area contributed by atoms with E-state index in [1.54, 1.807) is 0 Å². The predicted octanol–water partition coefficient (Wildman–Crippen LogP) is 3.11. The van der Waals surface area contributed by atoms with Crippen molar-refractivity contribution in [2.24, 2.45) is 17.6 Å². The lowest BCUT2D eigenvalue weighted by Crippen LogP contribution is -2.18. The lowest BCUT2D eigenvalue weighted by Gasteiger charge is -2.25. The first-order valence-electron chi connectivity index (χ1n) is 5.53. The van der Waals surface area contributed by atoms with Crippen molar-refractivity contribution in [3.63, 3.8) is 0 Å². The van der Waals surface area contributed by atoms with Gasteiger partial charge in [0.1, 0.15) is 0 Å². The standard InChI is InChI=1S/C12H23N/c1-9-5-4-6-12(7-9)8-10(2)11(3)13/h8-9,11-12H,4-7,13H2,1-3H3. The largest absolute Gasteiger partial charge is 0.324 e. The highest BCUT2D eigenvalue weighted by atomic mass is 14.6. The van der Waals surface area contributed by atoms with Gasteiger partial charge >= 0.3 is 0 Å². The molecule has 3 atom stereocenters. The van der Waals surface area contributed by atoms with Crippen molar-refractivity contribution < 1.29 is 0 Å². The molecular weight excluding hydrogens is 158 g/mol. The fourth-order valence-electron chi connectivity index (χ4n) is 2.16. The average Bonchev–Trinajstić information content (AvgIpc) is 2.04. The molecule has 1 fully saturated rings. The summed E-state index contributed by atoms with van der Waals surface area (Å²) in [5.74, 6) is 1.71. The van der Waals surface area contributed by atoms with Gasteiger partial charge in [0.15, 0.2) is 0 Å². The van der Waals surface area contributed by atoms with Gasteiger partial charge in [-0.05, 0) is 38.5 Å². The van der Waals surface area contributed by atoms with Gasteiger partial charge in [-0.25, -0.2) is 0 Å². The minimum absolute atomic E-state index is 0.234. The summed E-state index contributed by atoms with van der Waals surface area (Å²) in [5, 5.41) is 0. The second kappa shape index (κ2) is 4.80. The molecule has 1 rings (SSSR count). The summed E-state index contributed by atoms with van der Waals surface area (Å²) in [6.45, 7) is 6.59. The Labute approximate surface area is 82.4 Å². The first-order valence-corrected chi connectivity index (χ1v) is 5.53. The third-order valence-corrected chi connectivity index (χ3v) is 3.19. The van der Waals surface area contributed by atoms with Crippen molar-refractivity contribution in [1.82, 2.24) is 0 Å². The Balaban J connectivity index is 2.47. The van der Waals surface area contributed by atoms with Crippen LogP contribution in [0.4, 0.5) is 0 Å². The Morgan fingerprint density at radius 1 is 1.46 bits per heavy atom. The highest BCUT2D eigenvalue weighted by Crippen LogP contribution is 2.30. The summed E-state index contributed by atoms with van der Waals surface area (Å²) >= 11 is 0. The summed E-state index contributed by atoms with van der Waals surface area (Å²) < 4.78 is 0. The molecule has 0 heterocycles. The van der Waals surface area contributed by atoms with E-state index in [1.165, 1.54) is 31.3 Å². The van der Waals surface area contributed by atoms with E-state index < -0.39 is 0 Å². The molecule has 1 saturated carbocycles. The molecule has 0 spiro atoms. The molecule has 76 valence electrons. The van der Waals surface area contributed by atoms with E-state index >= 15 is 0 Å². The van der Waals surface area contributed by atoms with Gasteiger partial charge in [-0.3, -0.25) is 0 Å². The van der Waals surface area contributed by atoms with Crippen molar-refractivity contribution in [2.45, 2.75) is 52.5 Å². The Bertz CT molecular complexity index is 182. The third kappa shape index (κ3) is 3.51. The molecular formula is C12H23N. The van der Waals surface area contributed by atoms with Gasteiger partial charge in [0, 0.05) is 6.04 Å². The van der Waals surface area contributed by atoms with Crippen LogP contribution < -0.4 is 5.73 Å². The Kier molecular flexibility index (Phi) is 3.98. The number of allylic oxidation sites excluding steroid dienone is 1. The second-order valence-electron chi connectivity index (χ2n) is 4.73. The first-order chi connectivity index (χ1) is 6.09. The normalized spacial score (nSPS) is 33.1. The van der Waals surface area contributed by atoms with E-state index in [9.17, 15) is 0 Å². The number of hydrogen-bond donors (Lipinski definition) is 1. The van der Waals surface area contributed by atoms with Gasteiger partial charge in [0.2, 0.25) is 0 Å². The smallest absolute Gasteiger partial charge is 0.0222 e. The van der Waals surface area contributed by atoms with Gasteiger partial charge in [0.05, 0.1) is 0 Å². The molecule has 1 aliphatic carbocycles. The quantitative estimate of drug-likeness (QED) is 0.651. The fraction of sp³-hybridized carbons (Fsp3) is 0.833. The van der Waals surface area contributed by atoms with Gasteiger partial charge in [-0.1, -0.05) is 31.4 Å². The van der Waals surface area contributed by atoms with Crippen LogP contribution in [0.15, 0.2) is 11.6 Å². The minimum Gasteiger partial charge on any atom is -0.324 e. The van der Waals surface area contributed by atoms with E-state index in [1.807, 2.05) is 0 Å². The van der Waals surface area contributed by atoms with Crippen LogP contribution in [-0.2, 0) is 0 Å². The molecule has 3 unspecified atom stereocenters. The Morgan fingerprint density at radius 2 is 2.15 bits per heavy atom. The van der Waals surface area contributed by atoms with Crippen molar-refractivity contribution in [3.05, 3.63) is 11.6 Å². The maximum Gasteiger partial charge on any atom is 0.0222 e. The van der Waals surface area contributed by atoms with E-state index in [0.29, 0.717) is 0 Å². The van der Waals surface area contributed by atoms with Crippen molar-refractivity contribution in [1.29, 1.82) is 0 Å². The molecule has 1 nitrogen and oxygen atoms in total. The molecule has 0 aromatic heterocycles. The summed E-state index contributed by atoms with van der Waals surface area (Å²) in [4.78, 5) is 0. The molecule has 2 N–H and O–H groups in total. The summed E-state index contributed by atoms with van der Waals surface area (Å²) in [5.41, 5.74) is 7.18. The number of hydrogen-bond acceptors (Lipinski definition) is 1. The first kappa shape index (κ1) is 10.8. The van der Waals surface area contributed by atoms with E-state index in [-0.39, 0.29) is 6.04 Å². The van der Waals surface area contributed by atoms with Crippen LogP contribution in [0.3, 0.4) is 0 Å².